The minimum Gasteiger partial charge on any atom is -0.313 e. The van der Waals surface area contributed by atoms with Crippen LogP contribution in [0.4, 0.5) is 0 Å². The molecule has 0 amide bonds. The van der Waals surface area contributed by atoms with Gasteiger partial charge in [0.1, 0.15) is 0 Å². The largest absolute Gasteiger partial charge is 0.313 e. The molecule has 2 aromatic carbocycles. The van der Waals surface area contributed by atoms with Crippen molar-refractivity contribution in [2.24, 2.45) is 0 Å². The molecule has 1 saturated heterocycles. The van der Waals surface area contributed by atoms with Gasteiger partial charge >= 0.3 is 0 Å². The molecule has 2 heterocycles. The van der Waals surface area contributed by atoms with Crippen LogP contribution in [0.15, 0.2) is 72.4 Å². The first-order valence-electron chi connectivity index (χ1n) is 8.25. The van der Waals surface area contributed by atoms with Gasteiger partial charge in [-0.25, -0.2) is 0 Å². The van der Waals surface area contributed by atoms with Crippen molar-refractivity contribution in [1.29, 1.82) is 0 Å². The highest BCUT2D eigenvalue weighted by Crippen LogP contribution is 2.31. The van der Waals surface area contributed by atoms with Crippen LogP contribution in [-0.2, 0) is 0 Å². The molecular formula is C21H20N2. The molecule has 23 heavy (non-hydrogen) atoms. The first-order chi connectivity index (χ1) is 11.4. The van der Waals surface area contributed by atoms with Gasteiger partial charge in [0, 0.05) is 18.1 Å². The molecule has 0 aliphatic carbocycles. The summed E-state index contributed by atoms with van der Waals surface area (Å²) in [6.07, 6.45) is 4.23. The molecule has 0 unspecified atom stereocenters. The lowest BCUT2D eigenvalue weighted by Crippen LogP contribution is -2.24. The quantitative estimate of drug-likeness (QED) is 0.758. The summed E-state index contributed by atoms with van der Waals surface area (Å²) in [6, 6.07) is 21.5. The fourth-order valence-corrected chi connectivity index (χ4v) is 3.38. The molecule has 4 rings (SSSR count). The SMILES string of the molecule is c1ccc(/C(=C2\CCCNC2)c2ccc3ncccc3c2)cc1. The van der Waals surface area contributed by atoms with Crippen molar-refractivity contribution in [3.05, 3.63) is 83.6 Å². The van der Waals surface area contributed by atoms with Gasteiger partial charge in [0.2, 0.25) is 0 Å². The number of fused-ring (bicyclic) bond motifs is 1. The van der Waals surface area contributed by atoms with Crippen LogP contribution in [0.3, 0.4) is 0 Å². The van der Waals surface area contributed by atoms with E-state index in [4.69, 9.17) is 0 Å². The summed E-state index contributed by atoms with van der Waals surface area (Å²) in [6.45, 7) is 2.10. The third-order valence-corrected chi connectivity index (χ3v) is 4.48. The van der Waals surface area contributed by atoms with E-state index < -0.39 is 0 Å². The second-order valence-electron chi connectivity index (χ2n) is 6.04. The number of pyridine rings is 1. The van der Waals surface area contributed by atoms with Gasteiger partial charge in [-0.15, -0.1) is 0 Å². The number of nitrogens with one attached hydrogen (secondary N) is 1. The molecule has 1 fully saturated rings. The van der Waals surface area contributed by atoms with E-state index in [-0.39, 0.29) is 0 Å². The van der Waals surface area contributed by atoms with Gasteiger partial charge in [-0.1, -0.05) is 42.5 Å². The fourth-order valence-electron chi connectivity index (χ4n) is 3.38. The van der Waals surface area contributed by atoms with Gasteiger partial charge in [0.05, 0.1) is 5.52 Å². The molecule has 0 bridgehead atoms. The molecule has 1 aromatic heterocycles. The molecule has 2 heteroatoms. The number of rotatable bonds is 2. The molecule has 1 aliphatic rings. The molecule has 114 valence electrons. The van der Waals surface area contributed by atoms with Crippen LogP contribution in [0.2, 0.25) is 0 Å². The minimum absolute atomic E-state index is 0.981. The highest BCUT2D eigenvalue weighted by molar-refractivity contribution is 5.88. The number of hydrogen-bond acceptors (Lipinski definition) is 2. The van der Waals surface area contributed by atoms with Gasteiger partial charge in [-0.2, -0.15) is 0 Å². The van der Waals surface area contributed by atoms with Crippen molar-refractivity contribution >= 4 is 16.5 Å². The summed E-state index contributed by atoms with van der Waals surface area (Å²) in [5.74, 6) is 0. The summed E-state index contributed by atoms with van der Waals surface area (Å²) >= 11 is 0. The molecule has 3 aromatic rings. The molecule has 0 radical (unpaired) electrons. The third kappa shape index (κ3) is 2.90. The van der Waals surface area contributed by atoms with E-state index in [1.54, 1.807) is 0 Å². The van der Waals surface area contributed by atoms with Crippen LogP contribution in [-0.4, -0.2) is 18.1 Å². The van der Waals surface area contributed by atoms with Crippen LogP contribution in [0, 0.1) is 0 Å². The summed E-state index contributed by atoms with van der Waals surface area (Å²) in [4.78, 5) is 4.44. The minimum atomic E-state index is 0.981. The van der Waals surface area contributed by atoms with E-state index >= 15 is 0 Å². The lowest BCUT2D eigenvalue weighted by molar-refractivity contribution is 0.611. The zero-order valence-corrected chi connectivity index (χ0v) is 13.1. The summed E-state index contributed by atoms with van der Waals surface area (Å²) in [5, 5.41) is 4.72. The zero-order valence-electron chi connectivity index (χ0n) is 13.1. The summed E-state index contributed by atoms with van der Waals surface area (Å²) < 4.78 is 0. The van der Waals surface area contributed by atoms with Crippen molar-refractivity contribution in [2.75, 3.05) is 13.1 Å². The Morgan fingerprint density at radius 2 is 1.83 bits per heavy atom. The average molecular weight is 300 g/mol. The van der Waals surface area contributed by atoms with E-state index in [0.29, 0.717) is 0 Å². The molecular weight excluding hydrogens is 280 g/mol. The van der Waals surface area contributed by atoms with Crippen LogP contribution in [0.25, 0.3) is 16.5 Å². The fraction of sp³-hybridized carbons (Fsp3) is 0.190. The number of nitrogens with zero attached hydrogens (tertiary/aromatic N) is 1. The maximum Gasteiger partial charge on any atom is 0.0702 e. The molecule has 0 saturated carbocycles. The summed E-state index contributed by atoms with van der Waals surface area (Å²) in [7, 11) is 0. The highest BCUT2D eigenvalue weighted by atomic mass is 14.9. The standard InChI is InChI=1S/C21H20N2/c1-2-6-16(7-3-1)21(19-9-4-12-22-15-19)18-10-11-20-17(14-18)8-5-13-23-20/h1-3,5-8,10-11,13-14,22H,4,9,12,15H2/b21-19-. The Kier molecular flexibility index (Phi) is 3.91. The van der Waals surface area contributed by atoms with Crippen molar-refractivity contribution in [3.8, 4) is 0 Å². The predicted octanol–water partition coefficient (Wildman–Crippen LogP) is 4.42. The topological polar surface area (TPSA) is 24.9 Å². The van der Waals surface area contributed by atoms with Crippen molar-refractivity contribution in [1.82, 2.24) is 10.3 Å². The van der Waals surface area contributed by atoms with Gasteiger partial charge < -0.3 is 5.32 Å². The maximum absolute atomic E-state index is 4.44. The number of aromatic nitrogens is 1. The normalized spacial score (nSPS) is 17.2. The first kappa shape index (κ1) is 14.2. The Bertz CT molecular complexity index is 842. The van der Waals surface area contributed by atoms with E-state index in [2.05, 4.69) is 64.9 Å². The van der Waals surface area contributed by atoms with E-state index in [0.717, 1.165) is 18.6 Å². The van der Waals surface area contributed by atoms with E-state index in [9.17, 15) is 0 Å². The van der Waals surface area contributed by atoms with Crippen LogP contribution >= 0.6 is 0 Å². The second kappa shape index (κ2) is 6.35. The molecule has 1 aliphatic heterocycles. The Labute approximate surface area is 136 Å². The molecule has 0 atom stereocenters. The number of piperidine rings is 1. The van der Waals surface area contributed by atoms with Gasteiger partial charge in [-0.05, 0) is 59.9 Å². The van der Waals surface area contributed by atoms with Crippen molar-refractivity contribution < 1.29 is 0 Å². The van der Waals surface area contributed by atoms with Crippen LogP contribution in [0.5, 0.6) is 0 Å². The monoisotopic (exact) mass is 300 g/mol. The Hall–Kier alpha value is -2.45. The number of hydrogen-bond donors (Lipinski definition) is 1. The Balaban J connectivity index is 1.90. The number of benzene rings is 2. The zero-order chi connectivity index (χ0) is 15.5. The smallest absolute Gasteiger partial charge is 0.0702 e. The van der Waals surface area contributed by atoms with Crippen LogP contribution in [0.1, 0.15) is 24.0 Å². The summed E-state index contributed by atoms with van der Waals surface area (Å²) in [5.41, 5.74) is 6.52. The van der Waals surface area contributed by atoms with Crippen molar-refractivity contribution in [2.45, 2.75) is 12.8 Å². The molecule has 0 spiro atoms. The molecule has 2 nitrogen and oxygen atoms in total. The van der Waals surface area contributed by atoms with Gasteiger partial charge in [0.25, 0.3) is 0 Å². The molecule has 1 N–H and O–H groups in total. The lowest BCUT2D eigenvalue weighted by Gasteiger charge is -2.21. The highest BCUT2D eigenvalue weighted by Gasteiger charge is 2.14. The van der Waals surface area contributed by atoms with E-state index in [1.807, 2.05) is 12.3 Å². The lowest BCUT2D eigenvalue weighted by atomic mass is 9.89. The third-order valence-electron chi connectivity index (χ3n) is 4.48. The Morgan fingerprint density at radius 3 is 2.65 bits per heavy atom. The van der Waals surface area contributed by atoms with Gasteiger partial charge in [-0.3, -0.25) is 4.98 Å². The maximum atomic E-state index is 4.44. The average Bonchev–Trinajstić information content (AvgIpc) is 2.64. The first-order valence-corrected chi connectivity index (χ1v) is 8.25. The Morgan fingerprint density at radius 1 is 0.913 bits per heavy atom. The van der Waals surface area contributed by atoms with Crippen molar-refractivity contribution in [3.63, 3.8) is 0 Å². The predicted molar refractivity (Wildman–Crippen MR) is 96.3 cm³/mol. The second-order valence-corrected chi connectivity index (χ2v) is 6.04. The van der Waals surface area contributed by atoms with Gasteiger partial charge in [0.15, 0.2) is 0 Å². The van der Waals surface area contributed by atoms with E-state index in [1.165, 1.54) is 40.5 Å². The van der Waals surface area contributed by atoms with Crippen LogP contribution < -0.4 is 5.32 Å².